The van der Waals surface area contributed by atoms with Crippen LogP contribution in [-0.2, 0) is 10.0 Å². The Balaban J connectivity index is 2.65. The minimum atomic E-state index is -3.83. The normalized spacial score (nSPS) is 12.7. The zero-order chi connectivity index (χ0) is 14.9. The van der Waals surface area contributed by atoms with Crippen molar-refractivity contribution in [3.63, 3.8) is 0 Å². The molecule has 0 spiro atoms. The average Bonchev–Trinajstić information content (AvgIpc) is 2.71. The number of pyridine rings is 1. The van der Waals surface area contributed by atoms with Gasteiger partial charge in [-0.2, -0.15) is 4.31 Å². The number of aliphatic hydroxyl groups is 1. The van der Waals surface area contributed by atoms with Crippen LogP contribution in [0.1, 0.15) is 13.8 Å². The molecule has 0 atom stereocenters. The van der Waals surface area contributed by atoms with E-state index in [0.717, 1.165) is 0 Å². The molecule has 8 heteroatoms. The van der Waals surface area contributed by atoms with Gasteiger partial charge in [0.05, 0.1) is 6.61 Å². The van der Waals surface area contributed by atoms with Gasteiger partial charge in [-0.25, -0.2) is 13.4 Å². The first kappa shape index (κ1) is 14.8. The number of rotatable bonds is 5. The first-order chi connectivity index (χ1) is 9.39. The second-order valence-corrected chi connectivity index (χ2v) is 6.47. The Morgan fingerprint density at radius 1 is 1.45 bits per heavy atom. The van der Waals surface area contributed by atoms with Crippen molar-refractivity contribution in [1.82, 2.24) is 13.7 Å². The molecule has 0 saturated heterocycles. The summed E-state index contributed by atoms with van der Waals surface area (Å²) in [4.78, 5) is 4.05. The van der Waals surface area contributed by atoms with Crippen molar-refractivity contribution in [2.75, 3.05) is 18.9 Å². The summed E-state index contributed by atoms with van der Waals surface area (Å²) in [6.07, 6.45) is 1.60. The van der Waals surface area contributed by atoms with Crippen LogP contribution in [0.4, 0.5) is 5.82 Å². The number of aliphatic hydroxyl groups excluding tert-OH is 1. The van der Waals surface area contributed by atoms with Gasteiger partial charge in [0, 0.05) is 18.8 Å². The molecule has 2 aromatic heterocycles. The van der Waals surface area contributed by atoms with Crippen LogP contribution in [0.3, 0.4) is 0 Å². The Hall–Kier alpha value is -1.64. The topological polar surface area (TPSA) is 101 Å². The first-order valence-electron chi connectivity index (χ1n) is 6.25. The molecule has 110 valence electrons. The number of imidazole rings is 1. The van der Waals surface area contributed by atoms with Crippen molar-refractivity contribution in [3.8, 4) is 0 Å². The van der Waals surface area contributed by atoms with Crippen LogP contribution in [0, 0.1) is 0 Å². The van der Waals surface area contributed by atoms with Crippen molar-refractivity contribution >= 4 is 21.5 Å². The van der Waals surface area contributed by atoms with E-state index in [1.54, 1.807) is 38.2 Å². The number of aromatic nitrogens is 2. The largest absolute Gasteiger partial charge is 0.395 e. The number of hydrogen-bond donors (Lipinski definition) is 2. The van der Waals surface area contributed by atoms with Crippen LogP contribution in [0.2, 0.25) is 0 Å². The zero-order valence-corrected chi connectivity index (χ0v) is 12.2. The number of nitrogens with zero attached hydrogens (tertiary/aromatic N) is 3. The van der Waals surface area contributed by atoms with E-state index in [2.05, 4.69) is 4.98 Å². The lowest BCUT2D eigenvalue weighted by Crippen LogP contribution is -2.39. The predicted octanol–water partition coefficient (Wildman–Crippen LogP) is 0.308. The fraction of sp³-hybridized carbons (Fsp3) is 0.417. The van der Waals surface area contributed by atoms with Gasteiger partial charge >= 0.3 is 0 Å². The lowest BCUT2D eigenvalue weighted by molar-refractivity contribution is 0.236. The van der Waals surface area contributed by atoms with Gasteiger partial charge in [-0.1, -0.05) is 6.07 Å². The van der Waals surface area contributed by atoms with Gasteiger partial charge in [-0.3, -0.25) is 4.40 Å². The first-order valence-corrected chi connectivity index (χ1v) is 7.69. The lowest BCUT2D eigenvalue weighted by Gasteiger charge is -2.24. The van der Waals surface area contributed by atoms with E-state index in [1.165, 1.54) is 8.71 Å². The van der Waals surface area contributed by atoms with E-state index in [-0.39, 0.29) is 30.0 Å². The van der Waals surface area contributed by atoms with Crippen LogP contribution in [-0.4, -0.2) is 46.4 Å². The van der Waals surface area contributed by atoms with Gasteiger partial charge in [0.25, 0.3) is 10.0 Å². The van der Waals surface area contributed by atoms with Crippen LogP contribution in [0.25, 0.3) is 5.65 Å². The van der Waals surface area contributed by atoms with Crippen molar-refractivity contribution in [2.24, 2.45) is 0 Å². The van der Waals surface area contributed by atoms with Crippen molar-refractivity contribution in [3.05, 3.63) is 24.4 Å². The van der Waals surface area contributed by atoms with E-state index in [1.807, 2.05) is 0 Å². The molecule has 2 heterocycles. The Bertz CT molecular complexity index is 709. The summed E-state index contributed by atoms with van der Waals surface area (Å²) >= 11 is 0. The van der Waals surface area contributed by atoms with Crippen molar-refractivity contribution in [1.29, 1.82) is 0 Å². The highest BCUT2D eigenvalue weighted by Gasteiger charge is 2.32. The van der Waals surface area contributed by atoms with Gasteiger partial charge in [0.15, 0.2) is 10.8 Å². The van der Waals surface area contributed by atoms with E-state index in [0.29, 0.717) is 5.65 Å². The molecule has 0 aliphatic heterocycles. The molecule has 0 saturated carbocycles. The molecular weight excluding hydrogens is 280 g/mol. The molecule has 0 bridgehead atoms. The van der Waals surface area contributed by atoms with E-state index < -0.39 is 10.0 Å². The molecule has 0 amide bonds. The molecule has 7 nitrogen and oxygen atoms in total. The zero-order valence-electron chi connectivity index (χ0n) is 11.4. The summed E-state index contributed by atoms with van der Waals surface area (Å²) in [6.45, 7) is 3.24. The molecule has 0 aromatic carbocycles. The van der Waals surface area contributed by atoms with Gasteiger partial charge < -0.3 is 10.8 Å². The number of nitrogen functional groups attached to an aromatic ring is 1. The molecule has 2 aromatic rings. The smallest absolute Gasteiger partial charge is 0.263 e. The Kier molecular flexibility index (Phi) is 3.98. The third-order valence-corrected chi connectivity index (χ3v) is 5.08. The SMILES string of the molecule is CC(C)N(CCO)S(=O)(=O)c1c(N)nc2ccccn12. The summed E-state index contributed by atoms with van der Waals surface area (Å²) in [5, 5.41) is 9.01. The third kappa shape index (κ3) is 2.37. The van der Waals surface area contributed by atoms with Crippen molar-refractivity contribution < 1.29 is 13.5 Å². The standard InChI is InChI=1S/C12H18N4O3S/c1-9(2)16(7-8-17)20(18,19)12-11(13)14-10-5-3-4-6-15(10)12/h3-6,9,17H,7-8,13H2,1-2H3. The highest BCUT2D eigenvalue weighted by Crippen LogP contribution is 2.24. The molecule has 0 aliphatic rings. The quantitative estimate of drug-likeness (QED) is 0.827. The Morgan fingerprint density at radius 3 is 2.75 bits per heavy atom. The van der Waals surface area contributed by atoms with E-state index >= 15 is 0 Å². The lowest BCUT2D eigenvalue weighted by atomic mass is 10.4. The minimum Gasteiger partial charge on any atom is -0.395 e. The summed E-state index contributed by atoms with van der Waals surface area (Å²) in [5.41, 5.74) is 6.24. The van der Waals surface area contributed by atoms with E-state index in [9.17, 15) is 8.42 Å². The fourth-order valence-electron chi connectivity index (χ4n) is 2.11. The predicted molar refractivity (Wildman–Crippen MR) is 75.7 cm³/mol. The highest BCUT2D eigenvalue weighted by molar-refractivity contribution is 7.89. The maximum Gasteiger partial charge on any atom is 0.263 e. The molecule has 3 N–H and O–H groups in total. The minimum absolute atomic E-state index is 0.0134. The molecule has 0 radical (unpaired) electrons. The summed E-state index contributed by atoms with van der Waals surface area (Å²) < 4.78 is 28.1. The molecule has 0 fully saturated rings. The van der Waals surface area contributed by atoms with E-state index in [4.69, 9.17) is 10.8 Å². The van der Waals surface area contributed by atoms with Gasteiger partial charge in [0.2, 0.25) is 0 Å². The summed E-state index contributed by atoms with van der Waals surface area (Å²) in [5.74, 6) is -0.0419. The third-order valence-electron chi connectivity index (χ3n) is 2.96. The Labute approximate surface area is 117 Å². The average molecular weight is 298 g/mol. The van der Waals surface area contributed by atoms with Crippen LogP contribution < -0.4 is 5.73 Å². The summed E-state index contributed by atoms with van der Waals surface area (Å²) in [7, 11) is -3.83. The van der Waals surface area contributed by atoms with Crippen LogP contribution in [0.5, 0.6) is 0 Å². The van der Waals surface area contributed by atoms with Gasteiger partial charge in [0.1, 0.15) is 5.65 Å². The number of anilines is 1. The number of sulfonamides is 1. The molecule has 2 rings (SSSR count). The second kappa shape index (κ2) is 5.39. The van der Waals surface area contributed by atoms with Crippen molar-refractivity contribution in [2.45, 2.75) is 24.9 Å². The molecule has 0 unspecified atom stereocenters. The number of nitrogens with two attached hydrogens (primary N) is 1. The maximum absolute atomic E-state index is 12.7. The molecular formula is C12H18N4O3S. The second-order valence-electron chi connectivity index (χ2n) is 4.66. The number of hydrogen-bond acceptors (Lipinski definition) is 5. The Morgan fingerprint density at radius 2 is 2.15 bits per heavy atom. The fourth-order valence-corrected chi connectivity index (χ4v) is 3.93. The summed E-state index contributed by atoms with van der Waals surface area (Å²) in [6, 6.07) is 4.85. The van der Waals surface area contributed by atoms with Crippen LogP contribution >= 0.6 is 0 Å². The molecule has 20 heavy (non-hydrogen) atoms. The van der Waals surface area contributed by atoms with Gasteiger partial charge in [-0.15, -0.1) is 0 Å². The van der Waals surface area contributed by atoms with Crippen LogP contribution in [0.15, 0.2) is 29.4 Å². The highest BCUT2D eigenvalue weighted by atomic mass is 32.2. The molecule has 0 aliphatic carbocycles. The number of fused-ring (bicyclic) bond motifs is 1. The van der Waals surface area contributed by atoms with Gasteiger partial charge in [-0.05, 0) is 26.0 Å². The maximum atomic E-state index is 12.7. The monoisotopic (exact) mass is 298 g/mol.